The van der Waals surface area contributed by atoms with Gasteiger partial charge in [0.15, 0.2) is 0 Å². The number of ether oxygens (including phenoxy) is 1. The normalized spacial score (nSPS) is 29.8. The lowest BCUT2D eigenvalue weighted by molar-refractivity contribution is -0.142. The van der Waals surface area contributed by atoms with Crippen LogP contribution in [0.3, 0.4) is 0 Å². The van der Waals surface area contributed by atoms with Crippen LogP contribution in [-0.2, 0) is 9.53 Å². The van der Waals surface area contributed by atoms with Crippen molar-refractivity contribution in [2.75, 3.05) is 32.1 Å². The van der Waals surface area contributed by atoms with Crippen LogP contribution < -0.4 is 5.32 Å². The molecule has 2 fully saturated rings. The van der Waals surface area contributed by atoms with Gasteiger partial charge >= 0.3 is 12.0 Å². The molecule has 0 aromatic carbocycles. The van der Waals surface area contributed by atoms with Crippen LogP contribution in [0, 0.1) is 5.92 Å². The number of amides is 2. The zero-order chi connectivity index (χ0) is 14.8. The molecular weight excluding hydrogens is 280 g/mol. The molecule has 0 aliphatic carbocycles. The molecule has 20 heavy (non-hydrogen) atoms. The summed E-state index contributed by atoms with van der Waals surface area (Å²) in [5.74, 6) is -0.652. The number of aliphatic carboxylic acids is 1. The smallest absolute Gasteiger partial charge is 0.317 e. The Hall–Kier alpha value is -0.950. The molecule has 2 unspecified atom stereocenters. The largest absolute Gasteiger partial charge is 0.481 e. The summed E-state index contributed by atoms with van der Waals surface area (Å²) in [7, 11) is 0. The number of urea groups is 1. The predicted molar refractivity (Wildman–Crippen MR) is 77.0 cm³/mol. The van der Waals surface area contributed by atoms with Gasteiger partial charge in [0.1, 0.15) is 5.92 Å². The molecule has 2 amide bonds. The van der Waals surface area contributed by atoms with Crippen molar-refractivity contribution < 1.29 is 19.4 Å². The summed E-state index contributed by atoms with van der Waals surface area (Å²) >= 11 is 1.87. The molecular formula is C13H22N2O4S. The molecule has 0 bridgehead atoms. The third kappa shape index (κ3) is 3.79. The Kier molecular flexibility index (Phi) is 4.80. The highest BCUT2D eigenvalue weighted by Gasteiger charge is 2.36. The van der Waals surface area contributed by atoms with Crippen LogP contribution in [0.2, 0.25) is 0 Å². The van der Waals surface area contributed by atoms with Crippen LogP contribution in [-0.4, -0.2) is 64.9 Å². The Morgan fingerprint density at radius 2 is 2.10 bits per heavy atom. The van der Waals surface area contributed by atoms with E-state index in [4.69, 9.17) is 9.84 Å². The molecule has 2 heterocycles. The van der Waals surface area contributed by atoms with Crippen LogP contribution in [0.1, 0.15) is 20.3 Å². The van der Waals surface area contributed by atoms with Gasteiger partial charge in [0.05, 0.1) is 19.3 Å². The Balaban J connectivity index is 1.90. The molecule has 0 radical (unpaired) electrons. The molecule has 2 aliphatic rings. The van der Waals surface area contributed by atoms with Gasteiger partial charge in [-0.3, -0.25) is 4.79 Å². The van der Waals surface area contributed by atoms with Crippen molar-refractivity contribution in [3.8, 4) is 0 Å². The summed E-state index contributed by atoms with van der Waals surface area (Å²) in [4.78, 5) is 25.1. The zero-order valence-corrected chi connectivity index (χ0v) is 12.7. The number of nitrogens with one attached hydrogen (secondary N) is 1. The van der Waals surface area contributed by atoms with Crippen LogP contribution in [0.25, 0.3) is 0 Å². The van der Waals surface area contributed by atoms with Gasteiger partial charge in [-0.2, -0.15) is 11.8 Å². The molecule has 2 saturated heterocycles. The van der Waals surface area contributed by atoms with E-state index in [1.165, 1.54) is 0 Å². The third-order valence-electron chi connectivity index (χ3n) is 3.83. The second kappa shape index (κ2) is 6.22. The number of carboxylic acid groups (broad SMARTS) is 1. The summed E-state index contributed by atoms with van der Waals surface area (Å²) < 4.78 is 5.35. The van der Waals surface area contributed by atoms with E-state index in [0.29, 0.717) is 13.1 Å². The minimum atomic E-state index is -0.916. The van der Waals surface area contributed by atoms with Gasteiger partial charge in [-0.05, 0) is 6.42 Å². The van der Waals surface area contributed by atoms with Crippen molar-refractivity contribution in [2.45, 2.75) is 31.1 Å². The van der Waals surface area contributed by atoms with Crippen molar-refractivity contribution in [3.63, 3.8) is 0 Å². The maximum atomic E-state index is 12.2. The van der Waals surface area contributed by atoms with Gasteiger partial charge in [-0.1, -0.05) is 13.8 Å². The number of hydrogen-bond acceptors (Lipinski definition) is 4. The number of rotatable bonds is 2. The number of thioether (sulfide) groups is 1. The van der Waals surface area contributed by atoms with Crippen molar-refractivity contribution in [1.82, 2.24) is 10.2 Å². The maximum absolute atomic E-state index is 12.2. The van der Waals surface area contributed by atoms with E-state index in [0.717, 1.165) is 12.2 Å². The van der Waals surface area contributed by atoms with Crippen LogP contribution in [0.5, 0.6) is 0 Å². The summed E-state index contributed by atoms with van der Waals surface area (Å²) in [5.41, 5.74) is 0. The Morgan fingerprint density at radius 3 is 2.80 bits per heavy atom. The quantitative estimate of drug-likeness (QED) is 0.796. The van der Waals surface area contributed by atoms with Gasteiger partial charge in [0, 0.05) is 23.6 Å². The third-order valence-corrected chi connectivity index (χ3v) is 5.20. The van der Waals surface area contributed by atoms with E-state index in [-0.39, 0.29) is 24.0 Å². The molecule has 7 heteroatoms. The number of carbonyl (C=O) groups is 2. The lowest BCUT2D eigenvalue weighted by Gasteiger charge is -2.25. The van der Waals surface area contributed by atoms with E-state index in [1.807, 2.05) is 11.8 Å². The van der Waals surface area contributed by atoms with Crippen LogP contribution in [0.15, 0.2) is 0 Å². The summed E-state index contributed by atoms with van der Waals surface area (Å²) in [6, 6.07) is -0.603. The monoisotopic (exact) mass is 302 g/mol. The molecule has 0 saturated carbocycles. The molecule has 6 nitrogen and oxygen atoms in total. The first-order valence-electron chi connectivity index (χ1n) is 6.89. The van der Waals surface area contributed by atoms with Gasteiger partial charge < -0.3 is 20.1 Å². The highest BCUT2D eigenvalue weighted by atomic mass is 32.2. The first-order chi connectivity index (χ1) is 9.39. The van der Waals surface area contributed by atoms with E-state index in [1.54, 1.807) is 4.90 Å². The number of nitrogens with zero attached hydrogens (tertiary/aromatic N) is 1. The lowest BCUT2D eigenvalue weighted by atomic mass is 10.0. The van der Waals surface area contributed by atoms with Crippen molar-refractivity contribution in [3.05, 3.63) is 0 Å². The minimum Gasteiger partial charge on any atom is -0.481 e. The zero-order valence-electron chi connectivity index (χ0n) is 11.9. The van der Waals surface area contributed by atoms with Crippen LogP contribution in [0.4, 0.5) is 4.79 Å². The molecule has 0 aromatic heterocycles. The van der Waals surface area contributed by atoms with Crippen molar-refractivity contribution in [2.24, 2.45) is 5.92 Å². The predicted octanol–water partition coefficient (Wildman–Crippen LogP) is 1.01. The summed E-state index contributed by atoms with van der Waals surface area (Å²) in [6.07, 6.45) is 0.939. The Morgan fingerprint density at radius 1 is 1.35 bits per heavy atom. The van der Waals surface area contributed by atoms with Gasteiger partial charge in [-0.25, -0.2) is 4.79 Å². The second-order valence-electron chi connectivity index (χ2n) is 5.88. The van der Waals surface area contributed by atoms with Gasteiger partial charge in [-0.15, -0.1) is 0 Å². The molecule has 2 atom stereocenters. The Bertz CT molecular complexity index is 389. The summed E-state index contributed by atoms with van der Waals surface area (Å²) in [5, 5.41) is 11.9. The Labute approximate surface area is 123 Å². The lowest BCUT2D eigenvalue weighted by Crippen LogP contribution is -2.49. The SMILES string of the molecule is CC1(C)CCN(C(=O)NC2COCC2C(=O)O)CCS1. The first kappa shape index (κ1) is 15.4. The van der Waals surface area contributed by atoms with E-state index in [9.17, 15) is 9.59 Å². The van der Waals surface area contributed by atoms with Gasteiger partial charge in [0.25, 0.3) is 0 Å². The van der Waals surface area contributed by atoms with E-state index in [2.05, 4.69) is 19.2 Å². The minimum absolute atomic E-state index is 0.170. The molecule has 0 spiro atoms. The fourth-order valence-electron chi connectivity index (χ4n) is 2.41. The highest BCUT2D eigenvalue weighted by molar-refractivity contribution is 8.00. The molecule has 2 N–H and O–H groups in total. The average Bonchev–Trinajstić information content (AvgIpc) is 2.73. The highest BCUT2D eigenvalue weighted by Crippen LogP contribution is 2.30. The number of hydrogen-bond donors (Lipinski definition) is 2. The molecule has 2 aliphatic heterocycles. The first-order valence-corrected chi connectivity index (χ1v) is 7.87. The second-order valence-corrected chi connectivity index (χ2v) is 7.69. The van der Waals surface area contributed by atoms with Crippen LogP contribution >= 0.6 is 11.8 Å². The fourth-order valence-corrected chi connectivity index (χ4v) is 3.51. The maximum Gasteiger partial charge on any atom is 0.317 e. The summed E-state index contributed by atoms with van der Waals surface area (Å²) in [6.45, 7) is 6.22. The fraction of sp³-hybridized carbons (Fsp3) is 0.846. The number of carboxylic acids is 1. The molecule has 2 rings (SSSR count). The van der Waals surface area contributed by atoms with Crippen molar-refractivity contribution in [1.29, 1.82) is 0 Å². The van der Waals surface area contributed by atoms with E-state index >= 15 is 0 Å². The molecule has 114 valence electrons. The van der Waals surface area contributed by atoms with Gasteiger partial charge in [0.2, 0.25) is 0 Å². The standard InChI is InChI=1S/C13H22N2O4S/c1-13(2)3-4-15(5-6-20-13)12(18)14-10-8-19-7-9(10)11(16)17/h9-10H,3-8H2,1-2H3,(H,14,18)(H,16,17). The van der Waals surface area contributed by atoms with E-state index < -0.39 is 17.9 Å². The average molecular weight is 302 g/mol. The number of carbonyl (C=O) groups excluding carboxylic acids is 1. The van der Waals surface area contributed by atoms with Crippen molar-refractivity contribution >= 4 is 23.8 Å². The topological polar surface area (TPSA) is 78.9 Å². The molecule has 0 aromatic rings.